The number of hydrogen-bond donors (Lipinski definition) is 0. The number of anilines is 1. The van der Waals surface area contributed by atoms with Crippen molar-refractivity contribution in [1.82, 2.24) is 20.0 Å². The van der Waals surface area contributed by atoms with Crippen molar-refractivity contribution in [2.45, 2.75) is 51.7 Å². The van der Waals surface area contributed by atoms with E-state index >= 15 is 0 Å². The van der Waals surface area contributed by atoms with Gasteiger partial charge >= 0.3 is 6.09 Å². The van der Waals surface area contributed by atoms with E-state index < -0.39 is 5.60 Å². The molecule has 1 amide bonds. The Bertz CT molecular complexity index is 1150. The average molecular weight is 448 g/mol. The molecule has 0 spiro atoms. The molecule has 0 aliphatic carbocycles. The summed E-state index contributed by atoms with van der Waals surface area (Å²) in [5, 5.41) is 4.22. The number of aromatic nitrogens is 3. The number of ether oxygens (including phenoxy) is 1. The number of nitrogens with zero attached hydrogens (tertiary/aromatic N) is 5. The second-order valence-corrected chi connectivity index (χ2v) is 9.71. The van der Waals surface area contributed by atoms with Gasteiger partial charge in [0.2, 0.25) is 0 Å². The standard InChI is InChI=1S/C25H29N5O3/c1-25(2,3)32-24(31)30-13-10-20(16-30)22-27-23(33-28-22)18-8-11-26-21(14-18)29-12-9-17-6-4-5-7-19(17)15-29/h4-8,11,14,20H,9-10,12-13,15-16H2,1-3H3/t20-/m1/s1. The molecule has 5 rings (SSSR count). The molecule has 4 heterocycles. The van der Waals surface area contributed by atoms with Crippen molar-refractivity contribution in [2.75, 3.05) is 24.5 Å². The van der Waals surface area contributed by atoms with Gasteiger partial charge in [0.15, 0.2) is 5.82 Å². The Balaban J connectivity index is 1.28. The third-order valence-electron chi connectivity index (χ3n) is 6.09. The summed E-state index contributed by atoms with van der Waals surface area (Å²) < 4.78 is 11.1. The largest absolute Gasteiger partial charge is 0.444 e. The fourth-order valence-corrected chi connectivity index (χ4v) is 4.40. The van der Waals surface area contributed by atoms with Crippen molar-refractivity contribution in [1.29, 1.82) is 0 Å². The molecule has 33 heavy (non-hydrogen) atoms. The minimum atomic E-state index is -0.510. The first kappa shape index (κ1) is 21.4. The van der Waals surface area contributed by atoms with Crippen LogP contribution in [0, 0.1) is 0 Å². The van der Waals surface area contributed by atoms with Crippen LogP contribution in [0.5, 0.6) is 0 Å². The molecule has 2 aromatic heterocycles. The number of benzene rings is 1. The number of pyridine rings is 1. The van der Waals surface area contributed by atoms with E-state index in [4.69, 9.17) is 9.26 Å². The van der Waals surface area contributed by atoms with Gasteiger partial charge in [0.25, 0.3) is 5.89 Å². The van der Waals surface area contributed by atoms with Gasteiger partial charge in [-0.25, -0.2) is 9.78 Å². The summed E-state index contributed by atoms with van der Waals surface area (Å²) in [5.41, 5.74) is 3.08. The maximum absolute atomic E-state index is 12.4. The molecule has 0 radical (unpaired) electrons. The normalized spacial score (nSPS) is 18.3. The number of amides is 1. The highest BCUT2D eigenvalue weighted by Crippen LogP contribution is 2.30. The zero-order chi connectivity index (χ0) is 23.0. The SMILES string of the molecule is CC(C)(C)OC(=O)N1CC[C@@H](c2noc(-c3ccnc(N4CCc5ccccc5C4)c3)n2)C1. The second-order valence-electron chi connectivity index (χ2n) is 9.71. The van der Waals surface area contributed by atoms with Gasteiger partial charge in [0.05, 0.1) is 0 Å². The highest BCUT2D eigenvalue weighted by atomic mass is 16.6. The number of carbonyl (C=O) groups excluding carboxylic acids is 1. The molecule has 1 atom stereocenters. The van der Waals surface area contributed by atoms with Gasteiger partial charge in [-0.1, -0.05) is 29.4 Å². The molecule has 1 aromatic carbocycles. The van der Waals surface area contributed by atoms with E-state index in [1.807, 2.05) is 32.9 Å². The summed E-state index contributed by atoms with van der Waals surface area (Å²) in [6, 6.07) is 12.4. The van der Waals surface area contributed by atoms with Crippen molar-refractivity contribution in [3.63, 3.8) is 0 Å². The lowest BCUT2D eigenvalue weighted by atomic mass is 10.00. The highest BCUT2D eigenvalue weighted by molar-refractivity contribution is 5.68. The summed E-state index contributed by atoms with van der Waals surface area (Å²) in [7, 11) is 0. The molecule has 3 aromatic rings. The van der Waals surface area contributed by atoms with Crippen molar-refractivity contribution < 1.29 is 14.1 Å². The Kier molecular flexibility index (Phi) is 5.52. The van der Waals surface area contributed by atoms with Crippen molar-refractivity contribution in [3.05, 3.63) is 59.5 Å². The summed E-state index contributed by atoms with van der Waals surface area (Å²) >= 11 is 0. The van der Waals surface area contributed by atoms with Crippen LogP contribution in [0.15, 0.2) is 47.1 Å². The van der Waals surface area contributed by atoms with Crippen molar-refractivity contribution in [2.24, 2.45) is 0 Å². The molecule has 2 aliphatic heterocycles. The number of likely N-dealkylation sites (tertiary alicyclic amines) is 1. The summed E-state index contributed by atoms with van der Waals surface area (Å²) in [5.74, 6) is 2.04. The number of rotatable bonds is 3. The first-order valence-corrected chi connectivity index (χ1v) is 11.5. The van der Waals surface area contributed by atoms with Crippen LogP contribution < -0.4 is 4.90 Å². The predicted molar refractivity (Wildman–Crippen MR) is 124 cm³/mol. The lowest BCUT2D eigenvalue weighted by molar-refractivity contribution is 0.0292. The molecular weight excluding hydrogens is 418 g/mol. The molecule has 0 saturated carbocycles. The van der Waals surface area contributed by atoms with Gasteiger partial charge in [-0.05, 0) is 56.9 Å². The van der Waals surface area contributed by atoms with Crippen LogP contribution in [0.25, 0.3) is 11.5 Å². The van der Waals surface area contributed by atoms with E-state index in [-0.39, 0.29) is 12.0 Å². The molecule has 0 bridgehead atoms. The quantitative estimate of drug-likeness (QED) is 0.588. The number of carbonyl (C=O) groups is 1. The Morgan fingerprint density at radius 3 is 2.79 bits per heavy atom. The third kappa shape index (κ3) is 4.69. The zero-order valence-corrected chi connectivity index (χ0v) is 19.3. The Morgan fingerprint density at radius 2 is 1.97 bits per heavy atom. The maximum atomic E-state index is 12.4. The number of fused-ring (bicyclic) bond motifs is 1. The minimum Gasteiger partial charge on any atom is -0.444 e. The molecular formula is C25H29N5O3. The van der Waals surface area contributed by atoms with Crippen molar-refractivity contribution >= 4 is 11.9 Å². The summed E-state index contributed by atoms with van der Waals surface area (Å²) in [6.07, 6.45) is 3.28. The monoisotopic (exact) mass is 447 g/mol. The van der Waals surface area contributed by atoms with Crippen LogP contribution in [-0.2, 0) is 17.7 Å². The first-order chi connectivity index (χ1) is 15.9. The van der Waals surface area contributed by atoms with Gasteiger partial charge in [-0.2, -0.15) is 4.98 Å². The fourth-order valence-electron chi connectivity index (χ4n) is 4.40. The van der Waals surface area contributed by atoms with E-state index in [1.54, 1.807) is 11.1 Å². The molecule has 2 aliphatic rings. The van der Waals surface area contributed by atoms with Crippen LogP contribution in [0.4, 0.5) is 10.6 Å². The Hall–Kier alpha value is -3.42. The first-order valence-electron chi connectivity index (χ1n) is 11.5. The van der Waals surface area contributed by atoms with Gasteiger partial charge in [0.1, 0.15) is 11.4 Å². The van der Waals surface area contributed by atoms with Crippen LogP contribution in [0.1, 0.15) is 50.1 Å². The second kappa shape index (κ2) is 8.50. The van der Waals surface area contributed by atoms with Gasteiger partial charge in [0, 0.05) is 43.9 Å². The van der Waals surface area contributed by atoms with Gasteiger partial charge in [-0.3, -0.25) is 0 Å². The van der Waals surface area contributed by atoms with Crippen LogP contribution in [0.2, 0.25) is 0 Å². The number of hydrogen-bond acceptors (Lipinski definition) is 7. The smallest absolute Gasteiger partial charge is 0.410 e. The summed E-state index contributed by atoms with van der Waals surface area (Å²) in [4.78, 5) is 25.6. The van der Waals surface area contributed by atoms with E-state index in [0.29, 0.717) is 24.8 Å². The Morgan fingerprint density at radius 1 is 1.15 bits per heavy atom. The molecule has 1 fully saturated rings. The molecule has 8 nitrogen and oxygen atoms in total. The molecule has 0 unspecified atom stereocenters. The molecule has 8 heteroatoms. The van der Waals surface area contributed by atoms with Crippen LogP contribution >= 0.6 is 0 Å². The van der Waals surface area contributed by atoms with Gasteiger partial charge < -0.3 is 19.1 Å². The lowest BCUT2D eigenvalue weighted by Crippen LogP contribution is -2.35. The van der Waals surface area contributed by atoms with E-state index in [9.17, 15) is 4.79 Å². The third-order valence-corrected chi connectivity index (χ3v) is 6.09. The zero-order valence-electron chi connectivity index (χ0n) is 19.3. The highest BCUT2D eigenvalue weighted by Gasteiger charge is 2.33. The summed E-state index contributed by atoms with van der Waals surface area (Å²) in [6.45, 7) is 8.53. The predicted octanol–water partition coefficient (Wildman–Crippen LogP) is 4.42. The van der Waals surface area contributed by atoms with Crippen molar-refractivity contribution in [3.8, 4) is 11.5 Å². The fraction of sp³-hybridized carbons (Fsp3) is 0.440. The topological polar surface area (TPSA) is 84.6 Å². The minimum absolute atomic E-state index is 0.0370. The van der Waals surface area contributed by atoms with Gasteiger partial charge in [-0.15, -0.1) is 0 Å². The van der Waals surface area contributed by atoms with E-state index in [2.05, 4.69) is 44.3 Å². The van der Waals surface area contributed by atoms with Crippen LogP contribution in [0.3, 0.4) is 0 Å². The van der Waals surface area contributed by atoms with E-state index in [1.165, 1.54) is 11.1 Å². The average Bonchev–Trinajstić information content (AvgIpc) is 3.48. The van der Waals surface area contributed by atoms with E-state index in [0.717, 1.165) is 37.3 Å². The molecule has 172 valence electrons. The van der Waals surface area contributed by atoms with Crippen LogP contribution in [-0.4, -0.2) is 51.4 Å². The lowest BCUT2D eigenvalue weighted by Gasteiger charge is -2.29. The Labute approximate surface area is 193 Å². The molecule has 1 saturated heterocycles. The maximum Gasteiger partial charge on any atom is 0.410 e. The molecule has 0 N–H and O–H groups in total.